The van der Waals surface area contributed by atoms with Crippen molar-refractivity contribution in [3.63, 3.8) is 0 Å². The first-order valence-electron chi connectivity index (χ1n) is 9.06. The van der Waals surface area contributed by atoms with Crippen molar-refractivity contribution in [2.45, 2.75) is 77.2 Å². The van der Waals surface area contributed by atoms with Crippen molar-refractivity contribution in [2.24, 2.45) is 11.8 Å². The number of carbonyl (C=O) groups is 1. The van der Waals surface area contributed by atoms with Gasteiger partial charge in [-0.1, -0.05) is 11.6 Å². The number of hydrogen-bond donors (Lipinski definition) is 0. The van der Waals surface area contributed by atoms with Crippen molar-refractivity contribution < 1.29 is 14.3 Å². The lowest BCUT2D eigenvalue weighted by atomic mass is 9.80. The molecule has 3 rings (SSSR count). The molecule has 0 aromatic rings. The Balaban J connectivity index is 1.80. The van der Waals surface area contributed by atoms with Gasteiger partial charge in [0.15, 0.2) is 0 Å². The van der Waals surface area contributed by atoms with E-state index in [0.717, 1.165) is 32.2 Å². The third-order valence-electron chi connectivity index (χ3n) is 6.10. The Hall–Kier alpha value is -0.870. The molecule has 2 aliphatic heterocycles. The Morgan fingerprint density at radius 3 is 2.87 bits per heavy atom. The van der Waals surface area contributed by atoms with E-state index in [-0.39, 0.29) is 35.6 Å². The van der Waals surface area contributed by atoms with Gasteiger partial charge in [0.05, 0.1) is 11.5 Å². The minimum atomic E-state index is -0.101. The van der Waals surface area contributed by atoms with Crippen molar-refractivity contribution in [3.05, 3.63) is 11.6 Å². The van der Waals surface area contributed by atoms with Crippen LogP contribution in [-0.4, -0.2) is 48.3 Å². The molecule has 130 valence electrons. The Labute approximate surface area is 140 Å². The monoisotopic (exact) mass is 321 g/mol. The van der Waals surface area contributed by atoms with Crippen molar-refractivity contribution in [2.75, 3.05) is 13.6 Å². The van der Waals surface area contributed by atoms with Gasteiger partial charge in [-0.3, -0.25) is 4.79 Å². The SMILES string of the molecule is C/C1=C\CC[C@@]2(C)O[C@H]2[C@H]2OC(=O)[C@@H](CN(C)C(C)C)[C@@H]2CC1. The molecule has 0 saturated carbocycles. The number of carbonyl (C=O) groups excluding carboxylic acids is 1. The molecule has 1 aliphatic carbocycles. The summed E-state index contributed by atoms with van der Waals surface area (Å²) in [5.74, 6) is 0.233. The molecular formula is C19H31NO3. The van der Waals surface area contributed by atoms with E-state index in [1.165, 1.54) is 5.57 Å². The standard InChI is InChI=1S/C19H31NO3/c1-12(2)20(5)11-15-14-9-8-13(3)7-6-10-19(4)17(23-19)16(14)22-18(15)21/h7,12,14-17H,6,8-11H2,1-5H3/b13-7+/t14-,15-,16-,17-,19+/m0/s1. The van der Waals surface area contributed by atoms with Crippen LogP contribution >= 0.6 is 0 Å². The maximum absolute atomic E-state index is 12.5. The van der Waals surface area contributed by atoms with Gasteiger partial charge in [-0.2, -0.15) is 0 Å². The zero-order valence-corrected chi connectivity index (χ0v) is 15.2. The molecule has 0 radical (unpaired) electrons. The van der Waals surface area contributed by atoms with E-state index >= 15 is 0 Å². The maximum Gasteiger partial charge on any atom is 0.311 e. The molecule has 2 saturated heterocycles. The summed E-state index contributed by atoms with van der Waals surface area (Å²) >= 11 is 0. The summed E-state index contributed by atoms with van der Waals surface area (Å²) < 4.78 is 11.8. The molecule has 0 unspecified atom stereocenters. The summed E-state index contributed by atoms with van der Waals surface area (Å²) in [6.45, 7) is 9.49. The highest BCUT2D eigenvalue weighted by Gasteiger charge is 2.62. The van der Waals surface area contributed by atoms with E-state index in [1.807, 2.05) is 0 Å². The fraction of sp³-hybridized carbons (Fsp3) is 0.842. The van der Waals surface area contributed by atoms with Crippen LogP contribution < -0.4 is 0 Å². The molecule has 0 aromatic heterocycles. The first kappa shape index (κ1) is 17.0. The van der Waals surface area contributed by atoms with E-state index in [4.69, 9.17) is 9.47 Å². The second-order valence-corrected chi connectivity index (χ2v) is 8.18. The molecule has 2 heterocycles. The van der Waals surface area contributed by atoms with Crippen LogP contribution in [0, 0.1) is 11.8 Å². The first-order chi connectivity index (χ1) is 10.8. The molecule has 4 heteroatoms. The van der Waals surface area contributed by atoms with Crippen LogP contribution in [-0.2, 0) is 14.3 Å². The van der Waals surface area contributed by atoms with E-state index < -0.39 is 0 Å². The van der Waals surface area contributed by atoms with Gasteiger partial charge in [0.2, 0.25) is 0 Å². The van der Waals surface area contributed by atoms with Crippen LogP contribution in [0.25, 0.3) is 0 Å². The fourth-order valence-electron chi connectivity index (χ4n) is 4.07. The largest absolute Gasteiger partial charge is 0.459 e. The molecule has 23 heavy (non-hydrogen) atoms. The number of allylic oxidation sites excluding steroid dienone is 2. The van der Waals surface area contributed by atoms with Gasteiger partial charge >= 0.3 is 5.97 Å². The topological polar surface area (TPSA) is 42.1 Å². The summed E-state index contributed by atoms with van der Waals surface area (Å²) in [4.78, 5) is 14.8. The van der Waals surface area contributed by atoms with E-state index in [0.29, 0.717) is 6.04 Å². The van der Waals surface area contributed by atoms with Crippen LogP contribution in [0.4, 0.5) is 0 Å². The third-order valence-corrected chi connectivity index (χ3v) is 6.10. The average Bonchev–Trinajstić information content (AvgIpc) is 3.05. The maximum atomic E-state index is 12.5. The number of esters is 1. The van der Waals surface area contributed by atoms with Crippen LogP contribution in [0.2, 0.25) is 0 Å². The summed E-state index contributed by atoms with van der Waals surface area (Å²) in [5.41, 5.74) is 1.33. The zero-order valence-electron chi connectivity index (χ0n) is 15.2. The van der Waals surface area contributed by atoms with Gasteiger partial charge < -0.3 is 14.4 Å². The number of hydrogen-bond acceptors (Lipinski definition) is 4. The molecule has 5 atom stereocenters. The highest BCUT2D eigenvalue weighted by atomic mass is 16.6. The number of rotatable bonds is 3. The van der Waals surface area contributed by atoms with Crippen LogP contribution in [0.3, 0.4) is 0 Å². The molecule has 0 spiro atoms. The Morgan fingerprint density at radius 1 is 1.43 bits per heavy atom. The van der Waals surface area contributed by atoms with Crippen molar-refractivity contribution in [1.29, 1.82) is 0 Å². The average molecular weight is 321 g/mol. The van der Waals surface area contributed by atoms with Crippen LogP contribution in [0.1, 0.15) is 53.4 Å². The Bertz CT molecular complexity index is 501. The minimum Gasteiger partial charge on any atom is -0.459 e. The molecule has 4 nitrogen and oxygen atoms in total. The lowest BCUT2D eigenvalue weighted by molar-refractivity contribution is -0.145. The fourth-order valence-corrected chi connectivity index (χ4v) is 4.07. The van der Waals surface area contributed by atoms with E-state index in [2.05, 4.69) is 45.7 Å². The van der Waals surface area contributed by atoms with Gasteiger partial charge in [0.1, 0.15) is 12.2 Å². The van der Waals surface area contributed by atoms with E-state index in [9.17, 15) is 4.79 Å². The number of nitrogens with zero attached hydrogens (tertiary/aromatic N) is 1. The van der Waals surface area contributed by atoms with E-state index in [1.54, 1.807) is 0 Å². The molecule has 3 aliphatic rings. The summed E-state index contributed by atoms with van der Waals surface area (Å²) in [6, 6.07) is 0.436. The lowest BCUT2D eigenvalue weighted by Gasteiger charge is -2.27. The van der Waals surface area contributed by atoms with Crippen LogP contribution in [0.15, 0.2) is 11.6 Å². The van der Waals surface area contributed by atoms with Gasteiger partial charge in [0.25, 0.3) is 0 Å². The zero-order chi connectivity index (χ0) is 16.8. The smallest absolute Gasteiger partial charge is 0.311 e. The van der Waals surface area contributed by atoms with Crippen molar-refractivity contribution >= 4 is 5.97 Å². The second kappa shape index (κ2) is 6.21. The highest BCUT2D eigenvalue weighted by molar-refractivity contribution is 5.75. The van der Waals surface area contributed by atoms with Gasteiger partial charge in [0, 0.05) is 18.5 Å². The summed E-state index contributed by atoms with van der Waals surface area (Å²) in [7, 11) is 2.09. The quantitative estimate of drug-likeness (QED) is 0.455. The summed E-state index contributed by atoms with van der Waals surface area (Å²) in [6.07, 6.45) is 6.54. The summed E-state index contributed by atoms with van der Waals surface area (Å²) in [5, 5.41) is 0. The Morgan fingerprint density at radius 2 is 2.17 bits per heavy atom. The normalized spacial score (nSPS) is 42.7. The Kier molecular flexibility index (Phi) is 4.58. The molecule has 0 amide bonds. The van der Waals surface area contributed by atoms with Gasteiger partial charge in [-0.05, 0) is 60.4 Å². The predicted octanol–water partition coefficient (Wildman–Crippen LogP) is 3.16. The minimum absolute atomic E-state index is 0.0203. The predicted molar refractivity (Wildman–Crippen MR) is 90.1 cm³/mol. The second-order valence-electron chi connectivity index (χ2n) is 8.18. The number of ether oxygens (including phenoxy) is 2. The third kappa shape index (κ3) is 3.34. The molecule has 2 fully saturated rings. The highest BCUT2D eigenvalue weighted by Crippen LogP contribution is 2.50. The van der Waals surface area contributed by atoms with Crippen molar-refractivity contribution in [1.82, 2.24) is 4.90 Å². The molecule has 0 N–H and O–H groups in total. The first-order valence-corrected chi connectivity index (χ1v) is 9.06. The molecular weight excluding hydrogens is 290 g/mol. The molecule has 0 aromatic carbocycles. The van der Waals surface area contributed by atoms with Gasteiger partial charge in [-0.25, -0.2) is 0 Å². The van der Waals surface area contributed by atoms with Crippen LogP contribution in [0.5, 0.6) is 0 Å². The lowest BCUT2D eigenvalue weighted by Crippen LogP contribution is -2.37. The van der Waals surface area contributed by atoms with Crippen molar-refractivity contribution in [3.8, 4) is 0 Å². The number of fused-ring (bicyclic) bond motifs is 3. The number of epoxide rings is 1. The van der Waals surface area contributed by atoms with Gasteiger partial charge in [-0.15, -0.1) is 0 Å². The molecule has 0 bridgehead atoms.